The van der Waals surface area contributed by atoms with Crippen molar-refractivity contribution in [2.75, 3.05) is 0 Å². The fourth-order valence-electron chi connectivity index (χ4n) is 2.31. The number of halogens is 2. The zero-order chi connectivity index (χ0) is 18.4. The minimum absolute atomic E-state index is 0.805. The molecule has 0 aliphatic carbocycles. The Hall–Kier alpha value is -1.44. The molecule has 0 atom stereocenters. The zero-order valence-corrected chi connectivity index (χ0v) is 18.3. The van der Waals surface area contributed by atoms with Crippen molar-refractivity contribution in [1.29, 1.82) is 0 Å². The number of rotatable bonds is 7. The summed E-state index contributed by atoms with van der Waals surface area (Å²) in [4.78, 5) is 0. The predicted molar refractivity (Wildman–Crippen MR) is 115 cm³/mol. The standard InChI is InChI=1S/C19H18Br2N4S/c1-2-5-18-23-24-19(26-13-14-8-10-16(20)11-9-14)25(18)22-12-15-6-3-4-7-17(15)21/h3-4,6-12H,2,5,13H2,1H3/b22-12+. The first-order valence-electron chi connectivity index (χ1n) is 8.27. The second-order valence-electron chi connectivity index (χ2n) is 5.64. The van der Waals surface area contributed by atoms with E-state index >= 15 is 0 Å². The van der Waals surface area contributed by atoms with E-state index in [1.54, 1.807) is 11.8 Å². The van der Waals surface area contributed by atoms with Gasteiger partial charge in [-0.2, -0.15) is 9.78 Å². The zero-order valence-electron chi connectivity index (χ0n) is 14.3. The average Bonchev–Trinajstić information content (AvgIpc) is 3.03. The third-order valence-corrected chi connectivity index (χ3v) is 5.89. The minimum Gasteiger partial charge on any atom is -0.191 e. The molecule has 0 saturated heterocycles. The Morgan fingerprint density at radius 1 is 1.08 bits per heavy atom. The second-order valence-corrected chi connectivity index (χ2v) is 8.35. The normalized spacial score (nSPS) is 11.3. The van der Waals surface area contributed by atoms with Gasteiger partial charge in [0.2, 0.25) is 5.16 Å². The summed E-state index contributed by atoms with van der Waals surface area (Å²) in [5.74, 6) is 1.70. The molecule has 0 fully saturated rings. The Morgan fingerprint density at radius 3 is 2.58 bits per heavy atom. The van der Waals surface area contributed by atoms with E-state index in [2.05, 4.69) is 66.2 Å². The lowest BCUT2D eigenvalue weighted by Crippen LogP contribution is -2.00. The summed E-state index contributed by atoms with van der Waals surface area (Å²) in [5, 5.41) is 14.1. The summed E-state index contributed by atoms with van der Waals surface area (Å²) >= 11 is 8.66. The molecule has 0 aliphatic rings. The van der Waals surface area contributed by atoms with Crippen molar-refractivity contribution in [3.05, 3.63) is 74.4 Å². The van der Waals surface area contributed by atoms with Crippen LogP contribution in [0.15, 0.2) is 67.7 Å². The summed E-state index contributed by atoms with van der Waals surface area (Å²) in [5.41, 5.74) is 2.26. The fraction of sp³-hybridized carbons (Fsp3) is 0.211. The molecule has 26 heavy (non-hydrogen) atoms. The van der Waals surface area contributed by atoms with Crippen molar-refractivity contribution < 1.29 is 0 Å². The highest BCUT2D eigenvalue weighted by molar-refractivity contribution is 9.10. The van der Waals surface area contributed by atoms with E-state index in [-0.39, 0.29) is 0 Å². The largest absolute Gasteiger partial charge is 0.212 e. The van der Waals surface area contributed by atoms with E-state index in [9.17, 15) is 0 Å². The van der Waals surface area contributed by atoms with Crippen LogP contribution in [0.25, 0.3) is 0 Å². The van der Waals surface area contributed by atoms with Gasteiger partial charge in [-0.25, -0.2) is 0 Å². The number of thioether (sulfide) groups is 1. The Morgan fingerprint density at radius 2 is 1.85 bits per heavy atom. The Bertz CT molecular complexity index is 891. The number of aryl methyl sites for hydroxylation is 1. The molecule has 1 aromatic heterocycles. The maximum atomic E-state index is 4.65. The van der Waals surface area contributed by atoms with E-state index in [4.69, 9.17) is 0 Å². The van der Waals surface area contributed by atoms with Crippen molar-refractivity contribution in [2.24, 2.45) is 5.10 Å². The van der Waals surface area contributed by atoms with Gasteiger partial charge >= 0.3 is 0 Å². The molecule has 3 rings (SSSR count). The van der Waals surface area contributed by atoms with E-state index in [1.165, 1.54) is 5.56 Å². The van der Waals surface area contributed by atoms with Gasteiger partial charge in [-0.15, -0.1) is 10.2 Å². The summed E-state index contributed by atoms with van der Waals surface area (Å²) in [6.45, 7) is 2.13. The van der Waals surface area contributed by atoms with Gasteiger partial charge in [0.1, 0.15) is 0 Å². The van der Waals surface area contributed by atoms with Crippen LogP contribution in [0.5, 0.6) is 0 Å². The molecule has 134 valence electrons. The minimum atomic E-state index is 0.805. The number of aromatic nitrogens is 3. The molecule has 1 heterocycles. The maximum absolute atomic E-state index is 4.65. The van der Waals surface area contributed by atoms with E-state index in [0.717, 1.165) is 44.1 Å². The Labute approximate surface area is 174 Å². The first-order chi connectivity index (χ1) is 12.7. The predicted octanol–water partition coefficient (Wildman–Crippen LogP) is 5.93. The molecule has 0 amide bonds. The van der Waals surface area contributed by atoms with Crippen LogP contribution in [-0.2, 0) is 12.2 Å². The molecule has 0 unspecified atom stereocenters. The fourth-order valence-corrected chi connectivity index (χ4v) is 3.82. The van der Waals surface area contributed by atoms with Crippen LogP contribution in [0.3, 0.4) is 0 Å². The SMILES string of the molecule is CCCc1nnc(SCc2ccc(Br)cc2)n1/N=C/c1ccccc1Br. The first-order valence-corrected chi connectivity index (χ1v) is 10.8. The lowest BCUT2D eigenvalue weighted by molar-refractivity contribution is 0.700. The van der Waals surface area contributed by atoms with Gasteiger partial charge in [0.25, 0.3) is 0 Å². The smallest absolute Gasteiger partial charge is 0.191 e. The summed E-state index contributed by atoms with van der Waals surface area (Å²) < 4.78 is 3.95. The van der Waals surface area contributed by atoms with Gasteiger partial charge in [0, 0.05) is 26.7 Å². The Kier molecular flexibility index (Phi) is 7.05. The first kappa shape index (κ1) is 19.3. The van der Waals surface area contributed by atoms with Crippen LogP contribution in [0.1, 0.15) is 30.3 Å². The van der Waals surface area contributed by atoms with Crippen LogP contribution in [0.4, 0.5) is 0 Å². The van der Waals surface area contributed by atoms with Crippen LogP contribution in [0.2, 0.25) is 0 Å². The summed E-state index contributed by atoms with van der Waals surface area (Å²) in [7, 11) is 0. The van der Waals surface area contributed by atoms with Gasteiger partial charge < -0.3 is 0 Å². The van der Waals surface area contributed by atoms with Gasteiger partial charge in [-0.1, -0.05) is 80.9 Å². The van der Waals surface area contributed by atoms with Crippen molar-refractivity contribution in [1.82, 2.24) is 14.9 Å². The molecule has 2 aromatic carbocycles. The molecule has 7 heteroatoms. The lowest BCUT2D eigenvalue weighted by Gasteiger charge is -2.05. The molecule has 0 N–H and O–H groups in total. The van der Waals surface area contributed by atoms with Gasteiger partial charge in [0.05, 0.1) is 6.21 Å². The molecule has 0 aliphatic heterocycles. The van der Waals surface area contributed by atoms with E-state index in [0.29, 0.717) is 0 Å². The van der Waals surface area contributed by atoms with E-state index in [1.807, 2.05) is 47.3 Å². The maximum Gasteiger partial charge on any atom is 0.212 e. The third kappa shape index (κ3) is 5.05. The number of benzene rings is 2. The van der Waals surface area contributed by atoms with Crippen LogP contribution in [0, 0.1) is 0 Å². The molecule has 0 saturated carbocycles. The van der Waals surface area contributed by atoms with Crippen molar-refractivity contribution >= 4 is 49.8 Å². The Balaban J connectivity index is 1.81. The third-order valence-electron chi connectivity index (χ3n) is 3.65. The monoisotopic (exact) mass is 492 g/mol. The van der Waals surface area contributed by atoms with E-state index < -0.39 is 0 Å². The molecule has 0 radical (unpaired) electrons. The van der Waals surface area contributed by atoms with Crippen molar-refractivity contribution in [2.45, 2.75) is 30.7 Å². The van der Waals surface area contributed by atoms with Crippen LogP contribution >= 0.6 is 43.6 Å². The number of hydrogen-bond acceptors (Lipinski definition) is 4. The highest BCUT2D eigenvalue weighted by atomic mass is 79.9. The summed E-state index contributed by atoms with van der Waals surface area (Å²) in [6.07, 6.45) is 3.69. The molecular formula is C19H18Br2N4S. The molecule has 3 aromatic rings. The lowest BCUT2D eigenvalue weighted by atomic mass is 10.2. The number of nitrogens with zero attached hydrogens (tertiary/aromatic N) is 4. The van der Waals surface area contributed by atoms with Crippen LogP contribution < -0.4 is 0 Å². The molecular weight excluding hydrogens is 476 g/mol. The van der Waals surface area contributed by atoms with Gasteiger partial charge in [0.15, 0.2) is 5.82 Å². The molecule has 0 spiro atoms. The second kappa shape index (κ2) is 9.48. The molecule has 4 nitrogen and oxygen atoms in total. The van der Waals surface area contributed by atoms with Gasteiger partial charge in [-0.05, 0) is 30.2 Å². The summed E-state index contributed by atoms with van der Waals surface area (Å²) in [6, 6.07) is 16.3. The average molecular weight is 494 g/mol. The molecule has 0 bridgehead atoms. The quantitative estimate of drug-likeness (QED) is 0.302. The highest BCUT2D eigenvalue weighted by Crippen LogP contribution is 2.23. The topological polar surface area (TPSA) is 43.1 Å². The van der Waals surface area contributed by atoms with Crippen LogP contribution in [-0.4, -0.2) is 21.1 Å². The van der Waals surface area contributed by atoms with Crippen molar-refractivity contribution in [3.63, 3.8) is 0 Å². The highest BCUT2D eigenvalue weighted by Gasteiger charge is 2.11. The van der Waals surface area contributed by atoms with Gasteiger partial charge in [-0.3, -0.25) is 0 Å². The number of hydrogen-bond donors (Lipinski definition) is 0. The van der Waals surface area contributed by atoms with Crippen molar-refractivity contribution in [3.8, 4) is 0 Å².